The number of piperidine rings is 1. The maximum absolute atomic E-state index is 12.6. The monoisotopic (exact) mass is 389 g/mol. The summed E-state index contributed by atoms with van der Waals surface area (Å²) in [6.45, 7) is 1.82. The zero-order valence-corrected chi connectivity index (χ0v) is 16.7. The lowest BCUT2D eigenvalue weighted by Crippen LogP contribution is -2.45. The Bertz CT molecular complexity index is 1020. The minimum Gasteiger partial charge on any atom is -0.361 e. The summed E-state index contributed by atoms with van der Waals surface area (Å²) in [6.07, 6.45) is 8.91. The van der Waals surface area contributed by atoms with Crippen molar-refractivity contribution in [2.45, 2.75) is 51.0 Å². The van der Waals surface area contributed by atoms with Crippen LogP contribution in [0.1, 0.15) is 42.5 Å². The predicted octanol–water partition coefficient (Wildman–Crippen LogP) is 3.16. The maximum atomic E-state index is 12.6. The number of hydrogen-bond acceptors (Lipinski definition) is 4. The van der Waals surface area contributed by atoms with Gasteiger partial charge in [-0.25, -0.2) is 0 Å². The number of benzene rings is 1. The lowest BCUT2D eigenvalue weighted by atomic mass is 9.96. The molecule has 2 N–H and O–H groups in total. The summed E-state index contributed by atoms with van der Waals surface area (Å²) in [5, 5.41) is 13.3. The number of nitrogens with one attached hydrogen (secondary N) is 2. The molecule has 1 aliphatic heterocycles. The molecule has 0 radical (unpaired) electrons. The number of aryl methyl sites for hydroxylation is 2. The van der Waals surface area contributed by atoms with Gasteiger partial charge in [-0.15, -0.1) is 5.10 Å². The molecule has 0 saturated carbocycles. The van der Waals surface area contributed by atoms with Crippen LogP contribution in [-0.4, -0.2) is 40.2 Å². The molecule has 2 aliphatic rings. The maximum Gasteiger partial charge on any atom is 0.224 e. The van der Waals surface area contributed by atoms with E-state index in [1.165, 1.54) is 24.1 Å². The van der Waals surface area contributed by atoms with Gasteiger partial charge in [-0.3, -0.25) is 4.79 Å². The van der Waals surface area contributed by atoms with Gasteiger partial charge in [0.15, 0.2) is 5.82 Å². The molecule has 3 aromatic rings. The fourth-order valence-corrected chi connectivity index (χ4v) is 4.62. The highest BCUT2D eigenvalue weighted by Crippen LogP contribution is 2.24. The number of carbonyl (C=O) groups is 1. The third kappa shape index (κ3) is 3.84. The van der Waals surface area contributed by atoms with E-state index in [1.54, 1.807) is 0 Å². The average molecular weight is 390 g/mol. The molecule has 3 heterocycles. The Morgan fingerprint density at radius 3 is 2.86 bits per heavy atom. The van der Waals surface area contributed by atoms with E-state index in [4.69, 9.17) is 0 Å². The zero-order chi connectivity index (χ0) is 19.6. The Morgan fingerprint density at radius 1 is 1.14 bits per heavy atom. The number of anilines is 1. The molecule has 1 aliphatic carbocycles. The molecule has 1 amide bonds. The van der Waals surface area contributed by atoms with E-state index in [9.17, 15) is 4.79 Å². The van der Waals surface area contributed by atoms with E-state index >= 15 is 0 Å². The highest BCUT2D eigenvalue weighted by Gasteiger charge is 2.23. The van der Waals surface area contributed by atoms with Crippen LogP contribution in [0.25, 0.3) is 10.9 Å². The van der Waals surface area contributed by atoms with Gasteiger partial charge in [-0.05, 0) is 61.8 Å². The molecule has 29 heavy (non-hydrogen) atoms. The molecule has 5 rings (SSSR count). The molecular formula is C23H27N5O. The Kier molecular flexibility index (Phi) is 4.92. The van der Waals surface area contributed by atoms with Crippen molar-refractivity contribution in [1.29, 1.82) is 0 Å². The van der Waals surface area contributed by atoms with Gasteiger partial charge in [0.05, 0.1) is 12.1 Å². The van der Waals surface area contributed by atoms with Crippen molar-refractivity contribution < 1.29 is 4.79 Å². The first-order valence-corrected chi connectivity index (χ1v) is 10.7. The van der Waals surface area contributed by atoms with Gasteiger partial charge in [-0.1, -0.05) is 18.2 Å². The van der Waals surface area contributed by atoms with E-state index in [0.29, 0.717) is 6.42 Å². The number of carbonyl (C=O) groups excluding carboxylic acids is 1. The Morgan fingerprint density at radius 2 is 1.97 bits per heavy atom. The van der Waals surface area contributed by atoms with Crippen LogP contribution in [0.15, 0.2) is 36.5 Å². The third-order valence-corrected chi connectivity index (χ3v) is 6.27. The first-order valence-electron chi connectivity index (χ1n) is 10.7. The lowest BCUT2D eigenvalue weighted by Gasteiger charge is -2.33. The SMILES string of the molecule is O=C(Cc1c[nH]c2ccccc12)NC1CCN(c2cc3c(nn2)CCCC3)CC1. The number of amides is 1. The van der Waals surface area contributed by atoms with Crippen molar-refractivity contribution in [2.75, 3.05) is 18.0 Å². The van der Waals surface area contributed by atoms with Crippen LogP contribution in [0.3, 0.4) is 0 Å². The predicted molar refractivity (Wildman–Crippen MR) is 114 cm³/mol. The normalized spacial score (nSPS) is 17.3. The topological polar surface area (TPSA) is 73.9 Å². The number of aromatic nitrogens is 3. The van der Waals surface area contributed by atoms with Crippen LogP contribution >= 0.6 is 0 Å². The average Bonchev–Trinajstić information content (AvgIpc) is 3.17. The lowest BCUT2D eigenvalue weighted by molar-refractivity contribution is -0.121. The van der Waals surface area contributed by atoms with E-state index in [0.717, 1.165) is 61.1 Å². The molecule has 0 spiro atoms. The van der Waals surface area contributed by atoms with Crippen molar-refractivity contribution >= 4 is 22.6 Å². The quantitative estimate of drug-likeness (QED) is 0.719. The summed E-state index contributed by atoms with van der Waals surface area (Å²) < 4.78 is 0. The molecule has 0 unspecified atom stereocenters. The van der Waals surface area contributed by atoms with Crippen LogP contribution in [0.2, 0.25) is 0 Å². The van der Waals surface area contributed by atoms with Gasteiger partial charge in [0.2, 0.25) is 5.91 Å². The largest absolute Gasteiger partial charge is 0.361 e. The standard InChI is InChI=1S/C23H27N5O/c29-23(14-17-15-24-21-8-4-2-6-19(17)21)25-18-9-11-28(12-10-18)22-13-16-5-1-3-7-20(16)26-27-22/h2,4,6,8,13,15,18,24H,1,3,5,7,9-12,14H2,(H,25,29). The smallest absolute Gasteiger partial charge is 0.224 e. The molecule has 1 saturated heterocycles. The van der Waals surface area contributed by atoms with Crippen molar-refractivity contribution in [3.8, 4) is 0 Å². The highest BCUT2D eigenvalue weighted by molar-refractivity contribution is 5.88. The summed E-state index contributed by atoms with van der Waals surface area (Å²) in [4.78, 5) is 18.1. The second kappa shape index (κ2) is 7.85. The van der Waals surface area contributed by atoms with E-state index < -0.39 is 0 Å². The van der Waals surface area contributed by atoms with Crippen LogP contribution in [0.4, 0.5) is 5.82 Å². The van der Waals surface area contributed by atoms with Gasteiger partial charge in [-0.2, -0.15) is 5.10 Å². The summed E-state index contributed by atoms with van der Waals surface area (Å²) in [7, 11) is 0. The summed E-state index contributed by atoms with van der Waals surface area (Å²) >= 11 is 0. The fourth-order valence-electron chi connectivity index (χ4n) is 4.62. The number of para-hydroxylation sites is 1. The fraction of sp³-hybridized carbons (Fsp3) is 0.435. The molecule has 0 atom stereocenters. The first kappa shape index (κ1) is 18.2. The molecule has 150 valence electrons. The van der Waals surface area contributed by atoms with Gasteiger partial charge < -0.3 is 15.2 Å². The third-order valence-electron chi connectivity index (χ3n) is 6.27. The second-order valence-corrected chi connectivity index (χ2v) is 8.25. The molecule has 1 fully saturated rings. The molecule has 6 nitrogen and oxygen atoms in total. The number of H-pyrrole nitrogens is 1. The van der Waals surface area contributed by atoms with Crippen molar-refractivity contribution in [3.05, 3.63) is 53.3 Å². The number of rotatable bonds is 4. The van der Waals surface area contributed by atoms with Crippen LogP contribution in [0.5, 0.6) is 0 Å². The second-order valence-electron chi connectivity index (χ2n) is 8.25. The van der Waals surface area contributed by atoms with E-state index in [2.05, 4.69) is 37.5 Å². The molecular weight excluding hydrogens is 362 g/mol. The summed E-state index contributed by atoms with van der Waals surface area (Å²) in [6, 6.07) is 10.6. The van der Waals surface area contributed by atoms with E-state index in [-0.39, 0.29) is 11.9 Å². The first-order chi connectivity index (χ1) is 14.3. The number of fused-ring (bicyclic) bond motifs is 2. The molecule has 6 heteroatoms. The van der Waals surface area contributed by atoms with Crippen molar-refractivity contribution in [2.24, 2.45) is 0 Å². The minimum absolute atomic E-state index is 0.0989. The van der Waals surface area contributed by atoms with Crippen LogP contribution in [-0.2, 0) is 24.1 Å². The molecule has 1 aromatic carbocycles. The summed E-state index contributed by atoms with van der Waals surface area (Å²) in [5.74, 6) is 1.09. The van der Waals surface area contributed by atoms with Crippen LogP contribution < -0.4 is 10.2 Å². The van der Waals surface area contributed by atoms with Gasteiger partial charge in [0.1, 0.15) is 0 Å². The van der Waals surface area contributed by atoms with Crippen molar-refractivity contribution in [1.82, 2.24) is 20.5 Å². The van der Waals surface area contributed by atoms with Gasteiger partial charge in [0.25, 0.3) is 0 Å². The number of aromatic amines is 1. The summed E-state index contributed by atoms with van der Waals surface area (Å²) in [5.41, 5.74) is 4.68. The van der Waals surface area contributed by atoms with Gasteiger partial charge >= 0.3 is 0 Å². The molecule has 2 aromatic heterocycles. The highest BCUT2D eigenvalue weighted by atomic mass is 16.1. The van der Waals surface area contributed by atoms with Crippen molar-refractivity contribution in [3.63, 3.8) is 0 Å². The minimum atomic E-state index is 0.0989. The van der Waals surface area contributed by atoms with Gasteiger partial charge in [0, 0.05) is 36.2 Å². The molecule has 0 bridgehead atoms. The number of hydrogen-bond donors (Lipinski definition) is 2. The Hall–Kier alpha value is -2.89. The zero-order valence-electron chi connectivity index (χ0n) is 16.7. The van der Waals surface area contributed by atoms with E-state index in [1.807, 2.05) is 24.4 Å². The van der Waals surface area contributed by atoms with Crippen LogP contribution in [0, 0.1) is 0 Å². The number of nitrogens with zero attached hydrogens (tertiary/aromatic N) is 3. The Balaban J connectivity index is 1.16. The Labute approximate surface area is 170 Å².